The summed E-state index contributed by atoms with van der Waals surface area (Å²) in [5, 5.41) is 9.94. The molecule has 4 aromatic rings. The van der Waals surface area contributed by atoms with Crippen LogP contribution in [0.1, 0.15) is 71.6 Å². The monoisotopic (exact) mass is 727 g/mol. The second kappa shape index (κ2) is 17.3. The quantitative estimate of drug-likeness (QED) is 0.0854. The Hall–Kier alpha value is -5.25. The van der Waals surface area contributed by atoms with Crippen molar-refractivity contribution in [2.45, 2.75) is 51.6 Å². The van der Waals surface area contributed by atoms with Gasteiger partial charge in [0.15, 0.2) is 5.78 Å². The summed E-state index contributed by atoms with van der Waals surface area (Å²) in [6, 6.07) is 31.3. The molecule has 1 N–H and O–H groups in total. The summed E-state index contributed by atoms with van der Waals surface area (Å²) in [4.78, 5) is 43.9. The Morgan fingerprint density at radius 1 is 0.741 bits per heavy atom. The first kappa shape index (κ1) is 37.1. The molecule has 0 spiro atoms. The zero-order valence-electron chi connectivity index (χ0n) is 31.0. The minimum Gasteiger partial charge on any atom is -0.508 e. The SMILES string of the molecule is CCC(=C(c1ccc(O)cc1)c1ccc(OCCN2CCN(CCCOc3cccc4c3CN(C3CCC(=O)CC3=O)C4=O)CC2)cc1)c1ccccc1. The van der Waals surface area contributed by atoms with E-state index in [9.17, 15) is 19.5 Å². The van der Waals surface area contributed by atoms with Gasteiger partial charge < -0.3 is 24.4 Å². The number of fused-ring (bicyclic) bond motifs is 1. The average molecular weight is 728 g/mol. The molecule has 4 aromatic carbocycles. The average Bonchev–Trinajstić information content (AvgIpc) is 3.53. The molecule has 3 aliphatic rings. The van der Waals surface area contributed by atoms with Crippen molar-refractivity contribution in [3.05, 3.63) is 125 Å². The predicted octanol–water partition coefficient (Wildman–Crippen LogP) is 6.87. The Kier molecular flexibility index (Phi) is 11.9. The minimum atomic E-state index is -0.527. The Labute approximate surface area is 317 Å². The molecule has 7 rings (SSSR count). The molecule has 1 saturated heterocycles. The third-order valence-electron chi connectivity index (χ3n) is 10.9. The third-order valence-corrected chi connectivity index (χ3v) is 10.9. The smallest absolute Gasteiger partial charge is 0.255 e. The zero-order valence-corrected chi connectivity index (χ0v) is 31.0. The van der Waals surface area contributed by atoms with Crippen molar-refractivity contribution in [2.75, 3.05) is 52.5 Å². The zero-order chi connectivity index (χ0) is 37.4. The number of hydrogen-bond donors (Lipinski definition) is 1. The number of amides is 1. The number of nitrogens with zero attached hydrogens (tertiary/aromatic N) is 3. The summed E-state index contributed by atoms with van der Waals surface area (Å²) >= 11 is 0. The lowest BCUT2D eigenvalue weighted by atomic mass is 9.88. The van der Waals surface area contributed by atoms with E-state index in [1.165, 1.54) is 11.1 Å². The number of allylic oxidation sites excluding steroid dienone is 1. The summed E-state index contributed by atoms with van der Waals surface area (Å²) in [5.74, 6) is 1.45. The molecule has 1 amide bonds. The van der Waals surface area contributed by atoms with Crippen molar-refractivity contribution in [1.29, 1.82) is 0 Å². The number of phenolic OH excluding ortho intramolecular Hbond substituents is 1. The molecule has 0 radical (unpaired) electrons. The molecule has 1 aliphatic carbocycles. The maximum absolute atomic E-state index is 13.1. The van der Waals surface area contributed by atoms with Crippen LogP contribution in [-0.2, 0) is 16.1 Å². The van der Waals surface area contributed by atoms with Crippen LogP contribution in [0, 0.1) is 0 Å². The number of piperazine rings is 1. The van der Waals surface area contributed by atoms with Crippen molar-refractivity contribution in [1.82, 2.24) is 14.7 Å². The molecule has 2 fully saturated rings. The molecule has 9 nitrogen and oxygen atoms in total. The highest BCUT2D eigenvalue weighted by atomic mass is 16.5. The Bertz CT molecular complexity index is 1970. The summed E-state index contributed by atoms with van der Waals surface area (Å²) in [6.45, 7) is 9.44. The maximum Gasteiger partial charge on any atom is 0.255 e. The van der Waals surface area contributed by atoms with E-state index in [0.717, 1.165) is 80.1 Å². The van der Waals surface area contributed by atoms with Gasteiger partial charge in [-0.25, -0.2) is 0 Å². The van der Waals surface area contributed by atoms with Crippen LogP contribution in [0.25, 0.3) is 11.1 Å². The summed E-state index contributed by atoms with van der Waals surface area (Å²) in [7, 11) is 0. The van der Waals surface area contributed by atoms with E-state index in [-0.39, 0.29) is 29.6 Å². The second-order valence-corrected chi connectivity index (χ2v) is 14.3. The lowest BCUT2D eigenvalue weighted by Gasteiger charge is -2.34. The highest BCUT2D eigenvalue weighted by molar-refractivity contribution is 6.07. The lowest BCUT2D eigenvalue weighted by molar-refractivity contribution is -0.133. The highest BCUT2D eigenvalue weighted by Crippen LogP contribution is 2.36. The van der Waals surface area contributed by atoms with Crippen LogP contribution in [0.3, 0.4) is 0 Å². The predicted molar refractivity (Wildman–Crippen MR) is 210 cm³/mol. The number of aromatic hydroxyl groups is 1. The van der Waals surface area contributed by atoms with Crippen LogP contribution >= 0.6 is 0 Å². The van der Waals surface area contributed by atoms with E-state index in [0.29, 0.717) is 43.9 Å². The van der Waals surface area contributed by atoms with E-state index in [1.54, 1.807) is 23.1 Å². The number of ether oxygens (including phenoxy) is 2. The van der Waals surface area contributed by atoms with Gasteiger partial charge in [-0.3, -0.25) is 19.3 Å². The van der Waals surface area contributed by atoms with Gasteiger partial charge in [0, 0.05) is 56.8 Å². The molecular formula is C45H49N3O6. The lowest BCUT2D eigenvalue weighted by Crippen LogP contribution is -2.47. The van der Waals surface area contributed by atoms with Gasteiger partial charge in [0.05, 0.1) is 25.6 Å². The van der Waals surface area contributed by atoms with Gasteiger partial charge in [-0.05, 0) is 83.5 Å². The Morgan fingerprint density at radius 3 is 2.11 bits per heavy atom. The van der Waals surface area contributed by atoms with Crippen LogP contribution in [0.15, 0.2) is 97.1 Å². The molecule has 1 saturated carbocycles. The fourth-order valence-electron chi connectivity index (χ4n) is 7.93. The fraction of sp³-hybridized carbons (Fsp3) is 0.356. The summed E-state index contributed by atoms with van der Waals surface area (Å²) in [5.41, 5.74) is 7.19. The van der Waals surface area contributed by atoms with Crippen molar-refractivity contribution < 1.29 is 29.0 Å². The first-order valence-corrected chi connectivity index (χ1v) is 19.2. The highest BCUT2D eigenvalue weighted by Gasteiger charge is 2.40. The van der Waals surface area contributed by atoms with Crippen LogP contribution in [0.5, 0.6) is 17.2 Å². The number of rotatable bonds is 14. The number of carbonyl (C=O) groups excluding carboxylic acids is 3. The van der Waals surface area contributed by atoms with Crippen LogP contribution in [0.2, 0.25) is 0 Å². The summed E-state index contributed by atoms with van der Waals surface area (Å²) < 4.78 is 12.4. The standard InChI is InChI=1S/C45H49N3O6/c1-2-38(32-8-4-3-5-9-32)44(33-12-16-35(49)17-13-33)34-14-19-37(20-15-34)53-29-27-47-25-23-46(24-26-47)22-7-28-54-43-11-6-10-39-40(43)31-48(45(39)52)41-21-18-36(50)30-42(41)51/h3-6,8-17,19-20,41,49H,2,7,18,21-31H2,1H3. The largest absolute Gasteiger partial charge is 0.508 e. The van der Waals surface area contributed by atoms with Gasteiger partial charge >= 0.3 is 0 Å². The molecular weight excluding hydrogens is 679 g/mol. The first-order chi connectivity index (χ1) is 26.4. The molecule has 2 aliphatic heterocycles. The molecule has 54 heavy (non-hydrogen) atoms. The molecule has 2 heterocycles. The number of carbonyl (C=O) groups is 3. The van der Waals surface area contributed by atoms with Crippen LogP contribution in [-0.4, -0.2) is 95.8 Å². The van der Waals surface area contributed by atoms with E-state index in [4.69, 9.17) is 9.47 Å². The summed E-state index contributed by atoms with van der Waals surface area (Å²) in [6.07, 6.45) is 2.41. The van der Waals surface area contributed by atoms with Crippen molar-refractivity contribution in [3.8, 4) is 17.2 Å². The first-order valence-electron chi connectivity index (χ1n) is 19.2. The maximum atomic E-state index is 13.1. The van der Waals surface area contributed by atoms with Crippen LogP contribution < -0.4 is 9.47 Å². The van der Waals surface area contributed by atoms with Gasteiger partial charge in [-0.1, -0.05) is 67.6 Å². The molecule has 0 aromatic heterocycles. The fourth-order valence-corrected chi connectivity index (χ4v) is 7.93. The van der Waals surface area contributed by atoms with E-state index in [2.05, 4.69) is 53.1 Å². The number of hydrogen-bond acceptors (Lipinski definition) is 8. The number of Topliss-reactive ketones (excluding diaryl/α,β-unsaturated/α-hetero) is 2. The van der Waals surface area contributed by atoms with E-state index >= 15 is 0 Å². The van der Waals surface area contributed by atoms with Gasteiger partial charge in [-0.15, -0.1) is 0 Å². The van der Waals surface area contributed by atoms with Gasteiger partial charge in [0.25, 0.3) is 5.91 Å². The Morgan fingerprint density at radius 2 is 1.43 bits per heavy atom. The molecule has 1 unspecified atom stereocenters. The minimum absolute atomic E-state index is 0.0431. The topological polar surface area (TPSA) is 99.6 Å². The molecule has 0 bridgehead atoms. The van der Waals surface area contributed by atoms with Gasteiger partial charge in [0.1, 0.15) is 29.6 Å². The number of phenols is 1. The molecule has 1 atom stereocenters. The van der Waals surface area contributed by atoms with Gasteiger partial charge in [0.2, 0.25) is 0 Å². The van der Waals surface area contributed by atoms with Crippen molar-refractivity contribution in [2.24, 2.45) is 0 Å². The third kappa shape index (κ3) is 8.59. The number of benzene rings is 4. The van der Waals surface area contributed by atoms with E-state index < -0.39 is 6.04 Å². The molecule has 280 valence electrons. The molecule has 9 heteroatoms. The van der Waals surface area contributed by atoms with Crippen molar-refractivity contribution in [3.63, 3.8) is 0 Å². The normalized spacial score (nSPS) is 18.4. The van der Waals surface area contributed by atoms with Crippen LogP contribution in [0.4, 0.5) is 0 Å². The van der Waals surface area contributed by atoms with Gasteiger partial charge in [-0.2, -0.15) is 0 Å². The Balaban J connectivity index is 0.851. The second-order valence-electron chi connectivity index (χ2n) is 14.3. The number of ketones is 2. The van der Waals surface area contributed by atoms with E-state index in [1.807, 2.05) is 42.5 Å². The van der Waals surface area contributed by atoms with Crippen molar-refractivity contribution >= 4 is 28.6 Å².